The fraction of sp³-hybridized carbons (Fsp3) is 1.00. The third kappa shape index (κ3) is 5.53. The predicted molar refractivity (Wildman–Crippen MR) is 67.1 cm³/mol. The van der Waals surface area contributed by atoms with E-state index in [-0.39, 0.29) is 0 Å². The Morgan fingerprint density at radius 1 is 1.27 bits per heavy atom. The normalized spacial score (nSPS) is 18.8. The quantitative estimate of drug-likeness (QED) is 0.664. The molecule has 15 heavy (non-hydrogen) atoms. The number of rotatable bonds is 8. The maximum Gasteiger partial charge on any atom is 0.00965 e. The summed E-state index contributed by atoms with van der Waals surface area (Å²) in [6.07, 6.45) is 4.22. The van der Waals surface area contributed by atoms with Gasteiger partial charge in [-0.3, -0.25) is 0 Å². The average Bonchev–Trinajstić information content (AvgIpc) is 2.95. The maximum absolute atomic E-state index is 3.27. The van der Waals surface area contributed by atoms with Crippen molar-refractivity contribution in [1.82, 2.24) is 10.2 Å². The Kier molecular flexibility index (Phi) is 5.62. The van der Waals surface area contributed by atoms with Crippen molar-refractivity contribution in [3.8, 4) is 0 Å². The summed E-state index contributed by atoms with van der Waals surface area (Å²) in [5, 5.41) is 3.27. The molecule has 2 nitrogen and oxygen atoms in total. The first-order chi connectivity index (χ1) is 7.13. The highest BCUT2D eigenvalue weighted by atomic mass is 15.2. The van der Waals surface area contributed by atoms with Crippen LogP contribution in [-0.2, 0) is 0 Å². The molecule has 1 N–H and O–H groups in total. The second kappa shape index (κ2) is 6.49. The van der Waals surface area contributed by atoms with Crippen LogP contribution in [0.15, 0.2) is 0 Å². The van der Waals surface area contributed by atoms with Gasteiger partial charge in [-0.25, -0.2) is 0 Å². The summed E-state index contributed by atoms with van der Waals surface area (Å²) in [5.74, 6) is 1.62. The fourth-order valence-corrected chi connectivity index (χ4v) is 2.10. The lowest BCUT2D eigenvalue weighted by Gasteiger charge is -2.26. The van der Waals surface area contributed by atoms with Gasteiger partial charge in [-0.1, -0.05) is 20.8 Å². The van der Waals surface area contributed by atoms with Crippen LogP contribution in [0.3, 0.4) is 0 Å². The molecule has 1 aliphatic carbocycles. The van der Waals surface area contributed by atoms with Gasteiger partial charge in [0, 0.05) is 12.6 Å². The summed E-state index contributed by atoms with van der Waals surface area (Å²) < 4.78 is 0. The first-order valence-electron chi connectivity index (χ1n) is 6.52. The Morgan fingerprint density at radius 3 is 2.40 bits per heavy atom. The van der Waals surface area contributed by atoms with Crippen molar-refractivity contribution in [1.29, 1.82) is 0 Å². The van der Waals surface area contributed by atoms with E-state index < -0.39 is 0 Å². The Balaban J connectivity index is 2.23. The highest BCUT2D eigenvalue weighted by Crippen LogP contribution is 2.28. The molecule has 1 aliphatic rings. The molecule has 0 heterocycles. The molecular formula is C13H28N2. The van der Waals surface area contributed by atoms with E-state index in [4.69, 9.17) is 0 Å². The Labute approximate surface area is 95.4 Å². The molecule has 0 saturated heterocycles. The summed E-state index contributed by atoms with van der Waals surface area (Å²) in [4.78, 5) is 2.71. The van der Waals surface area contributed by atoms with Crippen LogP contribution in [0.4, 0.5) is 0 Å². The van der Waals surface area contributed by atoms with Gasteiger partial charge < -0.3 is 10.2 Å². The van der Waals surface area contributed by atoms with Crippen molar-refractivity contribution in [3.63, 3.8) is 0 Å². The van der Waals surface area contributed by atoms with Gasteiger partial charge in [-0.15, -0.1) is 0 Å². The first kappa shape index (κ1) is 13.0. The van der Waals surface area contributed by atoms with Crippen molar-refractivity contribution < 1.29 is 0 Å². The van der Waals surface area contributed by atoms with Crippen LogP contribution in [0, 0.1) is 11.8 Å². The fourth-order valence-electron chi connectivity index (χ4n) is 2.10. The third-order valence-corrected chi connectivity index (χ3v) is 3.16. The molecule has 0 bridgehead atoms. The van der Waals surface area contributed by atoms with Gasteiger partial charge in [-0.05, 0) is 51.2 Å². The predicted octanol–water partition coefficient (Wildman–Crippen LogP) is 2.35. The molecule has 0 aromatic heterocycles. The van der Waals surface area contributed by atoms with Crippen molar-refractivity contribution in [3.05, 3.63) is 0 Å². The minimum absolute atomic E-state index is 0.780. The highest BCUT2D eigenvalue weighted by Gasteiger charge is 2.29. The standard InChI is InChI=1S/C13H28N2/c1-11(2)7-8-15(13-5-6-13)10-12(3)9-14-4/h11-14H,5-10H2,1-4H3. The van der Waals surface area contributed by atoms with E-state index in [0.29, 0.717) is 0 Å². The zero-order valence-corrected chi connectivity index (χ0v) is 10.9. The summed E-state index contributed by atoms with van der Waals surface area (Å²) in [7, 11) is 2.05. The van der Waals surface area contributed by atoms with Crippen molar-refractivity contribution in [2.24, 2.45) is 11.8 Å². The maximum atomic E-state index is 3.27. The van der Waals surface area contributed by atoms with Gasteiger partial charge in [0.25, 0.3) is 0 Å². The van der Waals surface area contributed by atoms with Gasteiger partial charge in [-0.2, -0.15) is 0 Å². The lowest BCUT2D eigenvalue weighted by atomic mass is 10.1. The Bertz CT molecular complexity index is 164. The third-order valence-electron chi connectivity index (χ3n) is 3.16. The van der Waals surface area contributed by atoms with E-state index in [0.717, 1.165) is 24.4 Å². The molecule has 0 aromatic carbocycles. The highest BCUT2D eigenvalue weighted by molar-refractivity contribution is 4.85. The SMILES string of the molecule is CNCC(C)CN(CCC(C)C)C1CC1. The summed E-state index contributed by atoms with van der Waals surface area (Å²) in [6, 6.07) is 0.919. The summed E-state index contributed by atoms with van der Waals surface area (Å²) >= 11 is 0. The van der Waals surface area contributed by atoms with Crippen LogP contribution < -0.4 is 5.32 Å². The first-order valence-corrected chi connectivity index (χ1v) is 6.52. The van der Waals surface area contributed by atoms with Crippen LogP contribution >= 0.6 is 0 Å². The minimum atomic E-state index is 0.780. The Morgan fingerprint density at radius 2 is 1.93 bits per heavy atom. The van der Waals surface area contributed by atoms with Crippen molar-refractivity contribution in [2.45, 2.75) is 46.1 Å². The van der Waals surface area contributed by atoms with E-state index in [2.05, 4.69) is 31.0 Å². The minimum Gasteiger partial charge on any atom is -0.319 e. The Hall–Kier alpha value is -0.0800. The molecule has 0 aromatic rings. The van der Waals surface area contributed by atoms with Crippen LogP contribution in [0.5, 0.6) is 0 Å². The number of hydrogen-bond donors (Lipinski definition) is 1. The summed E-state index contributed by atoms with van der Waals surface area (Å²) in [6.45, 7) is 10.7. The van der Waals surface area contributed by atoms with Gasteiger partial charge in [0.2, 0.25) is 0 Å². The average molecular weight is 212 g/mol. The molecule has 1 atom stereocenters. The smallest absolute Gasteiger partial charge is 0.00965 e. The number of nitrogens with one attached hydrogen (secondary N) is 1. The zero-order chi connectivity index (χ0) is 11.3. The van der Waals surface area contributed by atoms with Gasteiger partial charge in [0.1, 0.15) is 0 Å². The van der Waals surface area contributed by atoms with Crippen LogP contribution in [0.25, 0.3) is 0 Å². The lowest BCUT2D eigenvalue weighted by molar-refractivity contribution is 0.215. The van der Waals surface area contributed by atoms with E-state index in [1.165, 1.54) is 32.4 Å². The molecule has 1 unspecified atom stereocenters. The monoisotopic (exact) mass is 212 g/mol. The molecule has 2 heteroatoms. The van der Waals surface area contributed by atoms with Gasteiger partial charge >= 0.3 is 0 Å². The molecule has 0 aliphatic heterocycles. The van der Waals surface area contributed by atoms with Crippen molar-refractivity contribution in [2.75, 3.05) is 26.7 Å². The van der Waals surface area contributed by atoms with E-state index in [1.807, 2.05) is 7.05 Å². The zero-order valence-electron chi connectivity index (χ0n) is 10.9. The molecular weight excluding hydrogens is 184 g/mol. The van der Waals surface area contributed by atoms with E-state index in [1.54, 1.807) is 0 Å². The van der Waals surface area contributed by atoms with Crippen molar-refractivity contribution >= 4 is 0 Å². The van der Waals surface area contributed by atoms with E-state index >= 15 is 0 Å². The second-order valence-electron chi connectivity index (χ2n) is 5.57. The molecule has 1 rings (SSSR count). The number of nitrogens with zero attached hydrogens (tertiary/aromatic N) is 1. The van der Waals surface area contributed by atoms with Crippen LogP contribution in [-0.4, -0.2) is 37.6 Å². The molecule has 1 fully saturated rings. The molecule has 0 spiro atoms. The van der Waals surface area contributed by atoms with Crippen LogP contribution in [0.2, 0.25) is 0 Å². The van der Waals surface area contributed by atoms with Crippen LogP contribution in [0.1, 0.15) is 40.0 Å². The van der Waals surface area contributed by atoms with Gasteiger partial charge in [0.05, 0.1) is 0 Å². The topological polar surface area (TPSA) is 15.3 Å². The summed E-state index contributed by atoms with van der Waals surface area (Å²) in [5.41, 5.74) is 0. The lowest BCUT2D eigenvalue weighted by Crippen LogP contribution is -2.35. The molecule has 0 amide bonds. The molecule has 1 saturated carbocycles. The second-order valence-corrected chi connectivity index (χ2v) is 5.57. The largest absolute Gasteiger partial charge is 0.319 e. The molecule has 90 valence electrons. The van der Waals surface area contributed by atoms with Gasteiger partial charge in [0.15, 0.2) is 0 Å². The number of hydrogen-bond acceptors (Lipinski definition) is 2. The van der Waals surface area contributed by atoms with E-state index in [9.17, 15) is 0 Å². The molecule has 0 radical (unpaired) electrons.